The summed E-state index contributed by atoms with van der Waals surface area (Å²) < 4.78 is 5.93. The van der Waals surface area contributed by atoms with Crippen molar-refractivity contribution in [2.24, 2.45) is 0 Å². The number of hydrogen-bond donors (Lipinski definition) is 1. The minimum atomic E-state index is -0.432. The second-order valence-electron chi connectivity index (χ2n) is 5.34. The molecule has 0 atom stereocenters. The first kappa shape index (κ1) is 13.5. The van der Waals surface area contributed by atoms with Crippen LogP contribution in [0.4, 0.5) is 0 Å². The Hall–Kier alpha value is -3.20. The molecule has 1 heterocycles. The van der Waals surface area contributed by atoms with Crippen molar-refractivity contribution in [2.75, 3.05) is 0 Å². The van der Waals surface area contributed by atoms with E-state index in [1.54, 1.807) is 24.3 Å². The number of aromatic hydroxyl groups is 1. The summed E-state index contributed by atoms with van der Waals surface area (Å²) in [6, 6.07) is 22.0. The van der Waals surface area contributed by atoms with Crippen molar-refractivity contribution in [1.29, 1.82) is 0 Å². The van der Waals surface area contributed by atoms with Crippen molar-refractivity contribution in [3.63, 3.8) is 0 Å². The number of fused-ring (bicyclic) bond motifs is 3. The van der Waals surface area contributed by atoms with Gasteiger partial charge in [0.05, 0.1) is 5.39 Å². The maximum absolute atomic E-state index is 11.8. The van der Waals surface area contributed by atoms with Gasteiger partial charge in [0.25, 0.3) is 0 Å². The average molecular weight is 301 g/mol. The molecular formula is C20H13O3+. The SMILES string of the molecule is O=c1ccccc(-c2ccc3c(ccc4ccccc43)[o+]2)c1O. The lowest BCUT2D eigenvalue weighted by atomic mass is 10.1. The standard InChI is InChI=1S/C20H12O3/c21-17-8-4-3-7-16(20(17)22)19-12-10-15-14-6-2-1-5-13(14)9-11-18(15)23-19/h1-12H/p+1. The van der Waals surface area contributed by atoms with E-state index in [1.165, 1.54) is 6.07 Å². The first-order valence-corrected chi connectivity index (χ1v) is 7.31. The van der Waals surface area contributed by atoms with Crippen molar-refractivity contribution in [2.45, 2.75) is 0 Å². The van der Waals surface area contributed by atoms with E-state index < -0.39 is 5.43 Å². The van der Waals surface area contributed by atoms with Gasteiger partial charge in [-0.05, 0) is 35.0 Å². The van der Waals surface area contributed by atoms with Crippen LogP contribution in [0.1, 0.15) is 0 Å². The molecule has 4 rings (SSSR count). The smallest absolute Gasteiger partial charge is 0.364 e. The maximum Gasteiger partial charge on any atom is 0.364 e. The Balaban J connectivity index is 2.01. The van der Waals surface area contributed by atoms with Gasteiger partial charge in [0.2, 0.25) is 5.43 Å². The zero-order valence-corrected chi connectivity index (χ0v) is 12.2. The molecule has 3 aromatic carbocycles. The van der Waals surface area contributed by atoms with E-state index in [0.29, 0.717) is 16.9 Å². The fraction of sp³-hybridized carbons (Fsp3) is 0. The van der Waals surface area contributed by atoms with Gasteiger partial charge >= 0.3 is 11.3 Å². The van der Waals surface area contributed by atoms with Crippen LogP contribution in [0.5, 0.6) is 5.75 Å². The molecule has 1 aromatic heterocycles. The Morgan fingerprint density at radius 3 is 2.43 bits per heavy atom. The van der Waals surface area contributed by atoms with Crippen LogP contribution in [-0.4, -0.2) is 5.11 Å². The summed E-state index contributed by atoms with van der Waals surface area (Å²) in [7, 11) is 0. The topological polar surface area (TPSA) is 48.6 Å². The molecule has 0 aliphatic carbocycles. The van der Waals surface area contributed by atoms with Gasteiger partial charge in [0.1, 0.15) is 5.56 Å². The minimum Gasteiger partial charge on any atom is -0.503 e. The van der Waals surface area contributed by atoms with Crippen molar-refractivity contribution in [1.82, 2.24) is 0 Å². The van der Waals surface area contributed by atoms with Gasteiger partial charge in [0.15, 0.2) is 5.75 Å². The highest BCUT2D eigenvalue weighted by molar-refractivity contribution is 6.05. The van der Waals surface area contributed by atoms with E-state index >= 15 is 0 Å². The molecule has 1 N–H and O–H groups in total. The molecule has 0 saturated heterocycles. The van der Waals surface area contributed by atoms with E-state index in [2.05, 4.69) is 6.07 Å². The molecule has 0 spiro atoms. The van der Waals surface area contributed by atoms with E-state index in [1.807, 2.05) is 36.4 Å². The Morgan fingerprint density at radius 1 is 0.739 bits per heavy atom. The fourth-order valence-electron chi connectivity index (χ4n) is 2.78. The van der Waals surface area contributed by atoms with Gasteiger partial charge in [-0.3, -0.25) is 4.79 Å². The van der Waals surface area contributed by atoms with Crippen LogP contribution in [0.2, 0.25) is 0 Å². The van der Waals surface area contributed by atoms with E-state index in [0.717, 1.165) is 16.2 Å². The lowest BCUT2D eigenvalue weighted by Gasteiger charge is -1.98. The molecule has 0 aliphatic rings. The quantitative estimate of drug-likeness (QED) is 0.413. The summed E-state index contributed by atoms with van der Waals surface area (Å²) >= 11 is 0. The molecule has 0 radical (unpaired) electrons. The summed E-state index contributed by atoms with van der Waals surface area (Å²) in [5, 5.41) is 13.3. The second-order valence-corrected chi connectivity index (χ2v) is 5.34. The summed E-state index contributed by atoms with van der Waals surface area (Å²) in [6.07, 6.45) is 0. The number of benzene rings is 2. The monoisotopic (exact) mass is 301 g/mol. The molecule has 0 fully saturated rings. The van der Waals surface area contributed by atoms with E-state index in [9.17, 15) is 9.90 Å². The largest absolute Gasteiger partial charge is 0.503 e. The van der Waals surface area contributed by atoms with Gasteiger partial charge in [-0.1, -0.05) is 36.4 Å². The van der Waals surface area contributed by atoms with Crippen molar-refractivity contribution < 1.29 is 9.52 Å². The number of hydrogen-bond acceptors (Lipinski definition) is 2. The fourth-order valence-corrected chi connectivity index (χ4v) is 2.78. The van der Waals surface area contributed by atoms with E-state index in [4.69, 9.17) is 4.42 Å². The van der Waals surface area contributed by atoms with Crippen LogP contribution in [0.15, 0.2) is 82.0 Å². The maximum atomic E-state index is 11.8. The molecule has 4 aromatic rings. The molecule has 3 heteroatoms. The van der Waals surface area contributed by atoms with Gasteiger partial charge in [-0.25, -0.2) is 4.42 Å². The van der Waals surface area contributed by atoms with Crippen LogP contribution in [0.3, 0.4) is 0 Å². The minimum absolute atomic E-state index is 0.307. The Kier molecular flexibility index (Phi) is 3.05. The molecule has 0 amide bonds. The summed E-state index contributed by atoms with van der Waals surface area (Å²) in [5.41, 5.74) is 0.661. The molecule has 3 nitrogen and oxygen atoms in total. The zero-order valence-electron chi connectivity index (χ0n) is 12.2. The molecule has 0 bridgehead atoms. The highest BCUT2D eigenvalue weighted by Crippen LogP contribution is 2.31. The first-order valence-electron chi connectivity index (χ1n) is 7.31. The van der Waals surface area contributed by atoms with Gasteiger partial charge in [-0.2, -0.15) is 0 Å². The van der Waals surface area contributed by atoms with Crippen molar-refractivity contribution in [3.8, 4) is 17.1 Å². The molecule has 23 heavy (non-hydrogen) atoms. The molecule has 110 valence electrons. The summed E-state index contributed by atoms with van der Waals surface area (Å²) in [4.78, 5) is 11.8. The lowest BCUT2D eigenvalue weighted by molar-refractivity contribution is 0.470. The van der Waals surface area contributed by atoms with Crippen LogP contribution in [0.25, 0.3) is 33.1 Å². The van der Waals surface area contributed by atoms with Crippen molar-refractivity contribution >= 4 is 21.7 Å². The molecule has 0 saturated carbocycles. The third-order valence-corrected chi connectivity index (χ3v) is 3.93. The Bertz CT molecular complexity index is 1100. The molecular weight excluding hydrogens is 288 g/mol. The van der Waals surface area contributed by atoms with Crippen molar-refractivity contribution in [3.05, 3.63) is 83.0 Å². The van der Waals surface area contributed by atoms with Crippen LogP contribution < -0.4 is 5.43 Å². The molecule has 0 aliphatic heterocycles. The van der Waals surface area contributed by atoms with E-state index in [-0.39, 0.29) is 5.75 Å². The predicted molar refractivity (Wildman–Crippen MR) is 91.5 cm³/mol. The Morgan fingerprint density at radius 2 is 1.52 bits per heavy atom. The normalized spacial score (nSPS) is 11.0. The van der Waals surface area contributed by atoms with Gasteiger partial charge in [0, 0.05) is 12.1 Å². The van der Waals surface area contributed by atoms with Gasteiger partial charge < -0.3 is 5.11 Å². The first-order chi connectivity index (χ1) is 11.2. The zero-order chi connectivity index (χ0) is 15.8. The average Bonchev–Trinajstić information content (AvgIpc) is 2.76. The van der Waals surface area contributed by atoms with Crippen LogP contribution in [0, 0.1) is 0 Å². The van der Waals surface area contributed by atoms with Crippen LogP contribution >= 0.6 is 0 Å². The van der Waals surface area contributed by atoms with Gasteiger partial charge in [-0.15, -0.1) is 0 Å². The second kappa shape index (κ2) is 5.21. The summed E-state index contributed by atoms with van der Waals surface area (Å²) in [5.74, 6) is 0.150. The Labute approximate surface area is 132 Å². The third kappa shape index (κ3) is 2.23. The highest BCUT2D eigenvalue weighted by atomic mass is 16.3. The summed E-state index contributed by atoms with van der Waals surface area (Å²) in [6.45, 7) is 0. The number of rotatable bonds is 1. The highest BCUT2D eigenvalue weighted by Gasteiger charge is 2.19. The lowest BCUT2D eigenvalue weighted by Crippen LogP contribution is -1.94. The predicted octanol–water partition coefficient (Wildman–Crippen LogP) is 4.60. The van der Waals surface area contributed by atoms with Crippen LogP contribution in [-0.2, 0) is 0 Å². The molecule has 0 unspecified atom stereocenters. The third-order valence-electron chi connectivity index (χ3n) is 3.93.